The number of hydrogen-bond donors (Lipinski definition) is 2. The number of nitrogens with zero attached hydrogens (tertiary/aromatic N) is 2. The van der Waals surface area contributed by atoms with E-state index in [0.29, 0.717) is 40.3 Å². The predicted molar refractivity (Wildman–Crippen MR) is 119 cm³/mol. The van der Waals surface area contributed by atoms with Gasteiger partial charge in [-0.2, -0.15) is 13.2 Å². The Labute approximate surface area is 188 Å². The number of hydrogen-bond acceptors (Lipinski definition) is 5. The molecule has 1 fully saturated rings. The van der Waals surface area contributed by atoms with Crippen LogP contribution in [0.15, 0.2) is 35.9 Å². The first-order chi connectivity index (χ1) is 15.3. The number of halogens is 3. The summed E-state index contributed by atoms with van der Waals surface area (Å²) >= 11 is 5.36. The van der Waals surface area contributed by atoms with Gasteiger partial charge in [-0.05, 0) is 37.2 Å². The van der Waals surface area contributed by atoms with Gasteiger partial charge < -0.3 is 15.0 Å². The predicted octanol–water partition coefficient (Wildman–Crippen LogP) is 3.50. The van der Waals surface area contributed by atoms with Crippen LogP contribution in [0.25, 0.3) is 16.6 Å². The van der Waals surface area contributed by atoms with Gasteiger partial charge in [0, 0.05) is 36.5 Å². The minimum absolute atomic E-state index is 0.252. The van der Waals surface area contributed by atoms with E-state index in [2.05, 4.69) is 20.2 Å². The van der Waals surface area contributed by atoms with Gasteiger partial charge in [0.2, 0.25) is 0 Å². The molecule has 0 unspecified atom stereocenters. The molecule has 10 heteroatoms. The number of benzene rings is 1. The number of carbonyl (C=O) groups excluding carboxylic acids is 1. The van der Waals surface area contributed by atoms with E-state index in [0.717, 1.165) is 51.4 Å². The highest BCUT2D eigenvalue weighted by Gasteiger charge is 2.31. The normalized spacial score (nSPS) is 17.9. The molecule has 0 spiro atoms. The molecule has 2 aliphatic rings. The Hall–Kier alpha value is -2.56. The number of fused-ring (bicyclic) bond motifs is 1. The van der Waals surface area contributed by atoms with Gasteiger partial charge in [0.1, 0.15) is 5.82 Å². The topological polar surface area (TPSA) is 70.2 Å². The first-order valence-corrected chi connectivity index (χ1v) is 10.8. The molecule has 1 aliphatic carbocycles. The Morgan fingerprint density at radius 3 is 2.81 bits per heavy atom. The Morgan fingerprint density at radius 2 is 2.06 bits per heavy atom. The largest absolute Gasteiger partial charge is 0.416 e. The van der Waals surface area contributed by atoms with E-state index in [4.69, 9.17) is 17.0 Å². The summed E-state index contributed by atoms with van der Waals surface area (Å²) in [6.07, 6.45) is 0.246. The maximum atomic E-state index is 13.0. The van der Waals surface area contributed by atoms with Gasteiger partial charge in [0.05, 0.1) is 35.4 Å². The summed E-state index contributed by atoms with van der Waals surface area (Å²) in [5.74, 6) is 0.150. The molecule has 4 rings (SSSR count). The third kappa shape index (κ3) is 5.25. The first kappa shape index (κ1) is 22.6. The van der Waals surface area contributed by atoms with E-state index in [1.807, 2.05) is 6.08 Å². The summed E-state index contributed by atoms with van der Waals surface area (Å²) in [5, 5.41) is 2.91. The summed E-state index contributed by atoms with van der Waals surface area (Å²) in [6, 6.07) is 3.37. The van der Waals surface area contributed by atoms with Crippen LogP contribution in [0.4, 0.5) is 13.2 Å². The molecular weight excluding hydrogens is 441 g/mol. The maximum absolute atomic E-state index is 13.0. The fourth-order valence-electron chi connectivity index (χ4n) is 3.71. The monoisotopic (exact) mass is 464 g/mol. The van der Waals surface area contributed by atoms with Crippen molar-refractivity contribution >= 4 is 39.6 Å². The summed E-state index contributed by atoms with van der Waals surface area (Å²) < 4.78 is 44.2. The van der Waals surface area contributed by atoms with Crippen LogP contribution in [0.1, 0.15) is 24.2 Å². The van der Waals surface area contributed by atoms with E-state index < -0.39 is 11.7 Å². The Balaban J connectivity index is 1.42. The molecule has 0 bridgehead atoms. The van der Waals surface area contributed by atoms with Crippen LogP contribution in [-0.4, -0.2) is 65.0 Å². The molecular formula is C22H23F3N4O2S. The second-order valence-corrected chi connectivity index (χ2v) is 8.22. The van der Waals surface area contributed by atoms with Crippen LogP contribution in [0.5, 0.6) is 0 Å². The molecule has 1 saturated heterocycles. The number of rotatable bonds is 6. The Bertz CT molecular complexity index is 1080. The Kier molecular flexibility index (Phi) is 6.73. The zero-order valence-corrected chi connectivity index (χ0v) is 18.1. The molecule has 2 aromatic rings. The average molecular weight is 465 g/mol. The van der Waals surface area contributed by atoms with Crippen molar-refractivity contribution in [1.82, 2.24) is 20.2 Å². The SMILES string of the molecule is O=C(NCCCN1CCOCC1)C1=CC(c2nc3ccc(C(F)(F)F)cc3[nH]2)=CCC1=S. The number of imidazole rings is 1. The number of ether oxygens (including phenoxy) is 1. The van der Waals surface area contributed by atoms with E-state index in [1.54, 1.807) is 6.08 Å². The highest BCUT2D eigenvalue weighted by molar-refractivity contribution is 7.81. The smallest absolute Gasteiger partial charge is 0.379 e. The lowest BCUT2D eigenvalue weighted by Crippen LogP contribution is -2.38. The lowest BCUT2D eigenvalue weighted by atomic mass is 9.98. The number of aromatic nitrogens is 2. The molecule has 1 aromatic carbocycles. The number of morpholine rings is 1. The second-order valence-electron chi connectivity index (χ2n) is 7.72. The first-order valence-electron chi connectivity index (χ1n) is 10.4. The molecule has 1 aromatic heterocycles. The van der Waals surface area contributed by atoms with Crippen molar-refractivity contribution in [3.8, 4) is 0 Å². The van der Waals surface area contributed by atoms with Gasteiger partial charge in [0.15, 0.2) is 0 Å². The summed E-state index contributed by atoms with van der Waals surface area (Å²) in [4.78, 5) is 22.8. The molecule has 0 saturated carbocycles. The number of aromatic amines is 1. The molecule has 0 radical (unpaired) electrons. The number of alkyl halides is 3. The maximum Gasteiger partial charge on any atom is 0.416 e. The molecule has 1 aliphatic heterocycles. The molecule has 2 N–H and O–H groups in total. The fraction of sp³-hybridized carbons (Fsp3) is 0.409. The van der Waals surface area contributed by atoms with E-state index >= 15 is 0 Å². The number of carbonyl (C=O) groups is 1. The van der Waals surface area contributed by atoms with Gasteiger partial charge in [0.25, 0.3) is 5.91 Å². The van der Waals surface area contributed by atoms with Crippen molar-refractivity contribution in [3.05, 3.63) is 47.3 Å². The summed E-state index contributed by atoms with van der Waals surface area (Å²) in [7, 11) is 0. The van der Waals surface area contributed by atoms with Crippen LogP contribution < -0.4 is 5.32 Å². The van der Waals surface area contributed by atoms with Gasteiger partial charge in [-0.3, -0.25) is 9.69 Å². The number of thiocarbonyl (C=S) groups is 1. The summed E-state index contributed by atoms with van der Waals surface area (Å²) in [6.45, 7) is 4.69. The van der Waals surface area contributed by atoms with E-state index in [-0.39, 0.29) is 11.4 Å². The molecule has 6 nitrogen and oxygen atoms in total. The van der Waals surface area contributed by atoms with Crippen molar-refractivity contribution in [2.75, 3.05) is 39.4 Å². The van der Waals surface area contributed by atoms with Crippen LogP contribution in [-0.2, 0) is 15.7 Å². The lowest BCUT2D eigenvalue weighted by Gasteiger charge is -2.26. The zero-order chi connectivity index (χ0) is 22.7. The van der Waals surface area contributed by atoms with Crippen LogP contribution in [0.3, 0.4) is 0 Å². The number of allylic oxidation sites excluding steroid dienone is 3. The second kappa shape index (κ2) is 9.51. The highest BCUT2D eigenvalue weighted by Crippen LogP contribution is 2.32. The van der Waals surface area contributed by atoms with Gasteiger partial charge in [-0.15, -0.1) is 0 Å². The minimum atomic E-state index is -4.43. The number of H-pyrrole nitrogens is 1. The van der Waals surface area contributed by atoms with Crippen LogP contribution >= 0.6 is 12.2 Å². The minimum Gasteiger partial charge on any atom is -0.379 e. The lowest BCUT2D eigenvalue weighted by molar-refractivity contribution is -0.137. The summed E-state index contributed by atoms with van der Waals surface area (Å²) in [5.41, 5.74) is 0.977. The molecule has 2 heterocycles. The quantitative estimate of drug-likeness (QED) is 0.506. The molecule has 0 atom stereocenters. The van der Waals surface area contributed by atoms with Crippen molar-refractivity contribution < 1.29 is 22.7 Å². The average Bonchev–Trinajstić information content (AvgIpc) is 3.20. The van der Waals surface area contributed by atoms with Crippen molar-refractivity contribution in [2.24, 2.45) is 0 Å². The number of amides is 1. The van der Waals surface area contributed by atoms with Gasteiger partial charge in [-0.1, -0.05) is 18.3 Å². The third-order valence-electron chi connectivity index (χ3n) is 5.48. The third-order valence-corrected chi connectivity index (χ3v) is 5.86. The zero-order valence-electron chi connectivity index (χ0n) is 17.3. The highest BCUT2D eigenvalue weighted by atomic mass is 32.1. The molecule has 170 valence electrons. The number of nitrogens with one attached hydrogen (secondary N) is 2. The molecule has 1 amide bonds. The van der Waals surface area contributed by atoms with Gasteiger partial charge >= 0.3 is 6.18 Å². The van der Waals surface area contributed by atoms with Crippen molar-refractivity contribution in [1.29, 1.82) is 0 Å². The van der Waals surface area contributed by atoms with Crippen molar-refractivity contribution in [2.45, 2.75) is 19.0 Å². The van der Waals surface area contributed by atoms with Crippen LogP contribution in [0.2, 0.25) is 0 Å². The fourth-order valence-corrected chi connectivity index (χ4v) is 3.95. The van der Waals surface area contributed by atoms with Gasteiger partial charge in [-0.25, -0.2) is 4.98 Å². The van der Waals surface area contributed by atoms with E-state index in [9.17, 15) is 18.0 Å². The van der Waals surface area contributed by atoms with Crippen LogP contribution in [0, 0.1) is 0 Å². The standard InChI is InChI=1S/C22H23F3N4O2S/c23-22(24,25)15-3-4-17-18(13-15)28-20(27-17)14-2-5-19(32)16(12-14)21(30)26-6-1-7-29-8-10-31-11-9-29/h2-4,12-13H,1,5-11H2,(H,26,30)(H,27,28). The molecule has 32 heavy (non-hydrogen) atoms. The van der Waals surface area contributed by atoms with Crippen molar-refractivity contribution in [3.63, 3.8) is 0 Å². The van der Waals surface area contributed by atoms with E-state index in [1.165, 1.54) is 6.07 Å². The Morgan fingerprint density at radius 1 is 1.28 bits per heavy atom.